The molecule has 2 saturated heterocycles. The molecule has 4 atom stereocenters. The van der Waals surface area contributed by atoms with E-state index in [1.54, 1.807) is 0 Å². The highest BCUT2D eigenvalue weighted by molar-refractivity contribution is 6.99. The van der Waals surface area contributed by atoms with Gasteiger partial charge in [-0.2, -0.15) is 0 Å². The zero-order chi connectivity index (χ0) is 21.6. The van der Waals surface area contributed by atoms with Gasteiger partial charge in [-0.05, 0) is 29.3 Å². The average molecular weight is 429 g/mol. The van der Waals surface area contributed by atoms with Crippen molar-refractivity contribution >= 4 is 18.7 Å². The summed E-state index contributed by atoms with van der Waals surface area (Å²) in [5.74, 6) is -0.750. The van der Waals surface area contributed by atoms with Crippen LogP contribution < -0.4 is 10.4 Å². The van der Waals surface area contributed by atoms with Gasteiger partial charge in [0.25, 0.3) is 8.32 Å². The SMILES string of the molecule is CC1(C)O[C@H]2O[C@H](CO[Si](c3ccccc3)(c3ccccc3)C(C)(C)C)[C@@H](O)[C@H]2O1. The number of hydrogen-bond acceptors (Lipinski definition) is 5. The van der Waals surface area contributed by atoms with Gasteiger partial charge in [0.2, 0.25) is 0 Å². The first-order chi connectivity index (χ1) is 14.1. The number of rotatable bonds is 5. The maximum Gasteiger partial charge on any atom is 0.261 e. The van der Waals surface area contributed by atoms with Crippen molar-refractivity contribution in [2.45, 2.75) is 70.0 Å². The number of hydrogen-bond donors (Lipinski definition) is 1. The van der Waals surface area contributed by atoms with Crippen molar-refractivity contribution in [2.75, 3.05) is 6.61 Å². The van der Waals surface area contributed by atoms with E-state index in [9.17, 15) is 5.11 Å². The number of fused-ring (bicyclic) bond motifs is 1. The van der Waals surface area contributed by atoms with Crippen molar-refractivity contribution in [3.63, 3.8) is 0 Å². The van der Waals surface area contributed by atoms with Crippen LogP contribution in [0, 0.1) is 0 Å². The maximum atomic E-state index is 10.8. The van der Waals surface area contributed by atoms with E-state index in [1.807, 2.05) is 26.0 Å². The zero-order valence-corrected chi connectivity index (χ0v) is 19.4. The van der Waals surface area contributed by atoms with E-state index in [0.717, 1.165) is 0 Å². The molecule has 30 heavy (non-hydrogen) atoms. The zero-order valence-electron chi connectivity index (χ0n) is 18.4. The van der Waals surface area contributed by atoms with E-state index in [1.165, 1.54) is 10.4 Å². The van der Waals surface area contributed by atoms with Gasteiger partial charge in [0.15, 0.2) is 12.1 Å². The van der Waals surface area contributed by atoms with Gasteiger partial charge in [0.05, 0.1) is 6.61 Å². The molecule has 0 aromatic heterocycles. The Bertz CT molecular complexity index is 809. The highest BCUT2D eigenvalue weighted by atomic mass is 28.4. The second-order valence-electron chi connectivity index (χ2n) is 9.61. The molecule has 0 spiro atoms. The molecule has 2 heterocycles. The highest BCUT2D eigenvalue weighted by Gasteiger charge is 2.56. The molecule has 2 aliphatic rings. The first kappa shape index (κ1) is 21.7. The van der Waals surface area contributed by atoms with E-state index in [2.05, 4.69) is 69.3 Å². The first-order valence-corrected chi connectivity index (χ1v) is 12.5. The number of ether oxygens (including phenoxy) is 3. The molecule has 4 rings (SSSR count). The van der Waals surface area contributed by atoms with Gasteiger partial charge in [-0.3, -0.25) is 0 Å². The smallest absolute Gasteiger partial charge is 0.261 e. The van der Waals surface area contributed by atoms with Crippen LogP contribution in [0.4, 0.5) is 0 Å². The Hall–Kier alpha value is -1.54. The first-order valence-electron chi connectivity index (χ1n) is 10.6. The van der Waals surface area contributed by atoms with Crippen molar-refractivity contribution in [2.24, 2.45) is 0 Å². The summed E-state index contributed by atoms with van der Waals surface area (Å²) in [6.45, 7) is 10.6. The third-order valence-corrected chi connectivity index (χ3v) is 11.0. The summed E-state index contributed by atoms with van der Waals surface area (Å²) in [6.07, 6.45) is -2.36. The molecule has 0 radical (unpaired) electrons. The van der Waals surface area contributed by atoms with Crippen molar-refractivity contribution in [3.8, 4) is 0 Å². The van der Waals surface area contributed by atoms with E-state index in [4.69, 9.17) is 18.6 Å². The third kappa shape index (κ3) is 3.77. The number of benzene rings is 2. The molecule has 0 unspecified atom stereocenters. The van der Waals surface area contributed by atoms with Gasteiger partial charge >= 0.3 is 0 Å². The quantitative estimate of drug-likeness (QED) is 0.742. The molecule has 2 fully saturated rings. The van der Waals surface area contributed by atoms with Gasteiger partial charge in [0.1, 0.15) is 18.3 Å². The van der Waals surface area contributed by atoms with Crippen LogP contribution in [0.1, 0.15) is 34.6 Å². The summed E-state index contributed by atoms with van der Waals surface area (Å²) < 4.78 is 24.5. The van der Waals surface area contributed by atoms with Crippen molar-refractivity contribution in [3.05, 3.63) is 60.7 Å². The van der Waals surface area contributed by atoms with Crippen molar-refractivity contribution in [1.82, 2.24) is 0 Å². The number of aliphatic hydroxyl groups is 1. The van der Waals surface area contributed by atoms with Crippen LogP contribution >= 0.6 is 0 Å². The van der Waals surface area contributed by atoms with E-state index < -0.39 is 38.7 Å². The molecule has 2 aliphatic heterocycles. The second kappa shape index (κ2) is 7.86. The molecule has 5 nitrogen and oxygen atoms in total. The fourth-order valence-corrected chi connectivity index (χ4v) is 9.23. The minimum absolute atomic E-state index is 0.135. The maximum absolute atomic E-state index is 10.8. The van der Waals surface area contributed by atoms with Crippen molar-refractivity contribution < 1.29 is 23.7 Å². The molecular weight excluding hydrogens is 396 g/mol. The number of aliphatic hydroxyl groups excluding tert-OH is 1. The fraction of sp³-hybridized carbons (Fsp3) is 0.500. The van der Waals surface area contributed by atoms with Crippen LogP contribution in [0.2, 0.25) is 5.04 Å². The van der Waals surface area contributed by atoms with Gasteiger partial charge in [-0.15, -0.1) is 0 Å². The molecule has 6 heteroatoms. The van der Waals surface area contributed by atoms with Crippen LogP contribution in [-0.4, -0.2) is 50.4 Å². The molecule has 1 N–H and O–H groups in total. The summed E-state index contributed by atoms with van der Waals surface area (Å²) in [7, 11) is -2.68. The van der Waals surface area contributed by atoms with Crippen LogP contribution in [0.25, 0.3) is 0 Å². The van der Waals surface area contributed by atoms with Crippen LogP contribution in [0.15, 0.2) is 60.7 Å². The standard InChI is InChI=1S/C24H32O5Si/c1-23(2,3)30(17-12-8-6-9-13-17,18-14-10-7-11-15-18)26-16-19-20(25)21-22(27-19)29-24(4,5)28-21/h6-15,19-22,25H,16H2,1-5H3/t19-,20-,21-,22-/m1/s1. The van der Waals surface area contributed by atoms with E-state index in [0.29, 0.717) is 0 Å². The Morgan fingerprint density at radius 3 is 1.93 bits per heavy atom. The lowest BCUT2D eigenvalue weighted by molar-refractivity contribution is -0.217. The minimum atomic E-state index is -2.68. The Labute approximate surface area is 180 Å². The third-order valence-electron chi connectivity index (χ3n) is 6.00. The predicted octanol–water partition coefficient (Wildman–Crippen LogP) is 2.80. The molecule has 2 aromatic carbocycles. The Balaban J connectivity index is 1.65. The Kier molecular flexibility index (Phi) is 5.68. The lowest BCUT2D eigenvalue weighted by Crippen LogP contribution is -2.67. The summed E-state index contributed by atoms with van der Waals surface area (Å²) in [4.78, 5) is 0. The molecule has 0 aliphatic carbocycles. The van der Waals surface area contributed by atoms with Crippen LogP contribution in [0.3, 0.4) is 0 Å². The largest absolute Gasteiger partial charge is 0.405 e. The normalized spacial score (nSPS) is 28.5. The summed E-state index contributed by atoms with van der Waals surface area (Å²) >= 11 is 0. The summed E-state index contributed by atoms with van der Waals surface area (Å²) in [5, 5.41) is 13.1. The van der Waals surface area contributed by atoms with Gasteiger partial charge in [-0.25, -0.2) is 0 Å². The molecule has 2 aromatic rings. The monoisotopic (exact) mass is 428 g/mol. The summed E-state index contributed by atoms with van der Waals surface area (Å²) in [6, 6.07) is 20.9. The Morgan fingerprint density at radius 2 is 1.47 bits per heavy atom. The second-order valence-corrected chi connectivity index (χ2v) is 13.9. The van der Waals surface area contributed by atoms with Crippen LogP contribution in [-0.2, 0) is 18.6 Å². The topological polar surface area (TPSA) is 57.2 Å². The molecule has 0 saturated carbocycles. The Morgan fingerprint density at radius 1 is 0.933 bits per heavy atom. The minimum Gasteiger partial charge on any atom is -0.405 e. The molecule has 162 valence electrons. The van der Waals surface area contributed by atoms with E-state index in [-0.39, 0.29) is 11.6 Å². The molecule has 0 bridgehead atoms. The molecule has 0 amide bonds. The van der Waals surface area contributed by atoms with Gasteiger partial charge < -0.3 is 23.7 Å². The highest BCUT2D eigenvalue weighted by Crippen LogP contribution is 2.40. The van der Waals surface area contributed by atoms with Gasteiger partial charge in [-0.1, -0.05) is 81.4 Å². The fourth-order valence-electron chi connectivity index (χ4n) is 4.66. The lowest BCUT2D eigenvalue weighted by Gasteiger charge is -2.43. The lowest BCUT2D eigenvalue weighted by atomic mass is 10.1. The van der Waals surface area contributed by atoms with E-state index >= 15 is 0 Å². The van der Waals surface area contributed by atoms with Crippen LogP contribution in [0.5, 0.6) is 0 Å². The predicted molar refractivity (Wildman–Crippen MR) is 118 cm³/mol. The van der Waals surface area contributed by atoms with Crippen molar-refractivity contribution in [1.29, 1.82) is 0 Å². The molecular formula is C24H32O5Si. The average Bonchev–Trinajstić information content (AvgIpc) is 3.15. The summed E-state index contributed by atoms with van der Waals surface area (Å²) in [5.41, 5.74) is 0. The van der Waals surface area contributed by atoms with Gasteiger partial charge in [0, 0.05) is 0 Å².